The lowest BCUT2D eigenvalue weighted by atomic mass is 9.99. The highest BCUT2D eigenvalue weighted by Gasteiger charge is 2.23. The second-order valence-electron chi connectivity index (χ2n) is 8.60. The van der Waals surface area contributed by atoms with Crippen LogP contribution in [-0.4, -0.2) is 38.5 Å². The fourth-order valence-corrected chi connectivity index (χ4v) is 4.47. The van der Waals surface area contributed by atoms with Crippen molar-refractivity contribution in [3.8, 4) is 11.1 Å². The van der Waals surface area contributed by atoms with Gasteiger partial charge in [-0.25, -0.2) is 14.8 Å². The number of hydrogen-bond donors (Lipinski definition) is 3. The molecule has 5 rings (SSSR count). The van der Waals surface area contributed by atoms with Gasteiger partial charge in [-0.3, -0.25) is 4.79 Å². The summed E-state index contributed by atoms with van der Waals surface area (Å²) in [5.74, 6) is -0.522. The zero-order valence-corrected chi connectivity index (χ0v) is 19.1. The summed E-state index contributed by atoms with van der Waals surface area (Å²) in [5, 5.41) is 13.3. The van der Waals surface area contributed by atoms with Crippen LogP contribution in [0.3, 0.4) is 0 Å². The summed E-state index contributed by atoms with van der Waals surface area (Å²) in [6, 6.07) is 14.6. The van der Waals surface area contributed by atoms with Crippen molar-refractivity contribution in [2.45, 2.75) is 33.4 Å². The lowest BCUT2D eigenvalue weighted by Gasteiger charge is -2.27. The molecule has 0 aliphatic carbocycles. The van der Waals surface area contributed by atoms with Gasteiger partial charge in [-0.15, -0.1) is 0 Å². The van der Waals surface area contributed by atoms with E-state index in [4.69, 9.17) is 0 Å². The number of rotatable bonds is 5. The summed E-state index contributed by atoms with van der Waals surface area (Å²) in [7, 11) is 0. The summed E-state index contributed by atoms with van der Waals surface area (Å²) in [4.78, 5) is 37.0. The first-order chi connectivity index (χ1) is 16.4. The molecule has 0 saturated heterocycles. The van der Waals surface area contributed by atoms with Crippen molar-refractivity contribution in [1.29, 1.82) is 0 Å². The number of anilines is 1. The molecule has 1 amide bonds. The standard InChI is InChI=1S/C26H25N5O3/c1-15-21(25(33)34)13-28-26(29-15)31-9-8-24-22(14-31)20-11-19(6-7-23(20)30-24)18-5-3-4-17(10-18)12-27-16(2)32/h3-7,10-11,13,30H,8-9,12,14H2,1-2H3,(H,27,32)(H,33,34). The molecule has 0 unspecified atom stereocenters. The normalized spacial score (nSPS) is 13.1. The zero-order chi connectivity index (χ0) is 23.8. The first-order valence-electron chi connectivity index (χ1n) is 11.2. The molecule has 0 bridgehead atoms. The van der Waals surface area contributed by atoms with Gasteiger partial charge in [0.25, 0.3) is 0 Å². The second kappa shape index (κ2) is 8.62. The molecule has 0 fully saturated rings. The van der Waals surface area contributed by atoms with E-state index in [2.05, 4.69) is 55.5 Å². The topological polar surface area (TPSA) is 111 Å². The van der Waals surface area contributed by atoms with Gasteiger partial charge in [-0.1, -0.05) is 24.3 Å². The van der Waals surface area contributed by atoms with Crippen LogP contribution in [0.4, 0.5) is 5.95 Å². The Morgan fingerprint density at radius 2 is 2.00 bits per heavy atom. The number of benzene rings is 2. The third-order valence-corrected chi connectivity index (χ3v) is 6.26. The van der Waals surface area contributed by atoms with Crippen molar-refractivity contribution in [1.82, 2.24) is 20.3 Å². The number of H-pyrrole nitrogens is 1. The largest absolute Gasteiger partial charge is 0.478 e. The zero-order valence-electron chi connectivity index (χ0n) is 19.1. The summed E-state index contributed by atoms with van der Waals surface area (Å²) in [6.45, 7) is 5.11. The number of aryl methyl sites for hydroxylation is 1. The van der Waals surface area contributed by atoms with E-state index in [0.29, 0.717) is 24.7 Å². The fourth-order valence-electron chi connectivity index (χ4n) is 4.47. The number of amides is 1. The number of fused-ring (bicyclic) bond motifs is 3. The molecule has 8 heteroatoms. The molecule has 1 aliphatic rings. The third kappa shape index (κ3) is 4.10. The maximum Gasteiger partial charge on any atom is 0.339 e. The summed E-state index contributed by atoms with van der Waals surface area (Å²) in [6.07, 6.45) is 2.21. The third-order valence-electron chi connectivity index (χ3n) is 6.26. The van der Waals surface area contributed by atoms with E-state index < -0.39 is 5.97 Å². The number of carbonyl (C=O) groups excluding carboxylic acids is 1. The molecule has 2 aromatic carbocycles. The lowest BCUT2D eigenvalue weighted by molar-refractivity contribution is -0.119. The van der Waals surface area contributed by atoms with Crippen LogP contribution in [0.1, 0.15) is 39.8 Å². The van der Waals surface area contributed by atoms with Crippen molar-refractivity contribution in [3.63, 3.8) is 0 Å². The minimum Gasteiger partial charge on any atom is -0.478 e. The second-order valence-corrected chi connectivity index (χ2v) is 8.60. The van der Waals surface area contributed by atoms with E-state index in [-0.39, 0.29) is 11.5 Å². The smallest absolute Gasteiger partial charge is 0.339 e. The molecular formula is C26H25N5O3. The maximum absolute atomic E-state index is 11.3. The fraction of sp³-hybridized carbons (Fsp3) is 0.231. The maximum atomic E-state index is 11.3. The molecule has 34 heavy (non-hydrogen) atoms. The predicted octanol–water partition coefficient (Wildman–Crippen LogP) is 3.83. The Labute approximate surface area is 196 Å². The van der Waals surface area contributed by atoms with Crippen LogP contribution >= 0.6 is 0 Å². The van der Waals surface area contributed by atoms with E-state index in [0.717, 1.165) is 40.6 Å². The number of nitrogens with one attached hydrogen (secondary N) is 2. The van der Waals surface area contributed by atoms with Gasteiger partial charge in [-0.05, 0) is 41.8 Å². The lowest BCUT2D eigenvalue weighted by Crippen LogP contribution is -2.31. The van der Waals surface area contributed by atoms with Gasteiger partial charge < -0.3 is 20.3 Å². The first-order valence-corrected chi connectivity index (χ1v) is 11.2. The van der Waals surface area contributed by atoms with Gasteiger partial charge in [0.05, 0.1) is 11.3 Å². The molecule has 0 radical (unpaired) electrons. The molecule has 2 aromatic heterocycles. The number of aromatic carboxylic acids is 1. The minimum absolute atomic E-state index is 0.0490. The van der Waals surface area contributed by atoms with E-state index in [9.17, 15) is 14.7 Å². The van der Waals surface area contributed by atoms with Gasteiger partial charge in [0.15, 0.2) is 0 Å². The molecule has 4 aromatic rings. The highest BCUT2D eigenvalue weighted by Crippen LogP contribution is 2.32. The highest BCUT2D eigenvalue weighted by atomic mass is 16.4. The Hall–Kier alpha value is -4.20. The molecule has 3 N–H and O–H groups in total. The SMILES string of the molecule is CC(=O)NCc1cccc(-c2ccc3[nH]c4c(c3c2)CN(c2ncc(C(=O)O)c(C)n2)CC4)c1. The molecule has 3 heterocycles. The van der Waals surface area contributed by atoms with Crippen LogP contribution < -0.4 is 10.2 Å². The molecule has 172 valence electrons. The van der Waals surface area contributed by atoms with Crippen molar-refractivity contribution >= 4 is 28.7 Å². The van der Waals surface area contributed by atoms with Crippen LogP contribution in [-0.2, 0) is 24.3 Å². The van der Waals surface area contributed by atoms with Gasteiger partial charge >= 0.3 is 5.97 Å². The number of aromatic amines is 1. The number of nitrogens with zero attached hydrogens (tertiary/aromatic N) is 3. The molecule has 8 nitrogen and oxygen atoms in total. The molecule has 0 atom stereocenters. The average Bonchev–Trinajstić information content (AvgIpc) is 3.19. The summed E-state index contributed by atoms with van der Waals surface area (Å²) >= 11 is 0. The number of carboxylic acid groups (broad SMARTS) is 1. The molecular weight excluding hydrogens is 430 g/mol. The van der Waals surface area contributed by atoms with Gasteiger partial charge in [-0.2, -0.15) is 0 Å². The van der Waals surface area contributed by atoms with E-state index in [1.54, 1.807) is 6.92 Å². The Kier molecular flexibility index (Phi) is 5.49. The Balaban J connectivity index is 1.46. The van der Waals surface area contributed by atoms with Crippen LogP contribution in [0.25, 0.3) is 22.0 Å². The monoisotopic (exact) mass is 455 g/mol. The minimum atomic E-state index is -1.02. The molecule has 0 saturated carbocycles. The number of carbonyl (C=O) groups is 2. The van der Waals surface area contributed by atoms with Crippen molar-refractivity contribution in [3.05, 3.63) is 76.7 Å². The van der Waals surface area contributed by atoms with Gasteiger partial charge in [0.1, 0.15) is 0 Å². The van der Waals surface area contributed by atoms with E-state index >= 15 is 0 Å². The Bertz CT molecular complexity index is 1430. The van der Waals surface area contributed by atoms with Crippen LogP contribution in [0.15, 0.2) is 48.7 Å². The van der Waals surface area contributed by atoms with Crippen molar-refractivity contribution in [2.24, 2.45) is 0 Å². The average molecular weight is 456 g/mol. The quantitative estimate of drug-likeness (QED) is 0.422. The van der Waals surface area contributed by atoms with Gasteiger partial charge in [0.2, 0.25) is 11.9 Å². The summed E-state index contributed by atoms with van der Waals surface area (Å²) < 4.78 is 0. The van der Waals surface area contributed by atoms with E-state index in [1.165, 1.54) is 24.4 Å². The molecule has 0 spiro atoms. The van der Waals surface area contributed by atoms with Crippen LogP contribution in [0.5, 0.6) is 0 Å². The van der Waals surface area contributed by atoms with E-state index in [1.807, 2.05) is 12.1 Å². The summed E-state index contributed by atoms with van der Waals surface area (Å²) in [5.41, 5.74) is 7.34. The predicted molar refractivity (Wildman–Crippen MR) is 130 cm³/mol. The van der Waals surface area contributed by atoms with Crippen molar-refractivity contribution in [2.75, 3.05) is 11.4 Å². The number of carboxylic acids is 1. The van der Waals surface area contributed by atoms with Crippen LogP contribution in [0, 0.1) is 6.92 Å². The Morgan fingerprint density at radius 1 is 1.18 bits per heavy atom. The van der Waals surface area contributed by atoms with Crippen LogP contribution in [0.2, 0.25) is 0 Å². The Morgan fingerprint density at radius 3 is 2.76 bits per heavy atom. The number of hydrogen-bond acceptors (Lipinski definition) is 5. The highest BCUT2D eigenvalue weighted by molar-refractivity contribution is 5.90. The van der Waals surface area contributed by atoms with Gasteiger partial charge in [0, 0.05) is 61.3 Å². The number of aromatic nitrogens is 3. The first kappa shape index (κ1) is 21.6. The molecule has 1 aliphatic heterocycles. The van der Waals surface area contributed by atoms with Crippen molar-refractivity contribution < 1.29 is 14.7 Å².